The lowest BCUT2D eigenvalue weighted by Crippen LogP contribution is -2.38. The molecule has 26 heavy (non-hydrogen) atoms. The molecule has 0 spiro atoms. The van der Waals surface area contributed by atoms with Gasteiger partial charge in [0, 0.05) is 5.39 Å². The summed E-state index contributed by atoms with van der Waals surface area (Å²) >= 11 is 0. The molecule has 0 aliphatic carbocycles. The first-order valence-electron chi connectivity index (χ1n) is 8.43. The van der Waals surface area contributed by atoms with Crippen LogP contribution in [0.1, 0.15) is 19.4 Å². The number of carbonyl (C=O) groups is 2. The van der Waals surface area contributed by atoms with Gasteiger partial charge in [-0.25, -0.2) is 9.59 Å². The number of rotatable bonds is 5. The molecule has 136 valence electrons. The van der Waals surface area contributed by atoms with E-state index in [-0.39, 0.29) is 24.5 Å². The number of methoxy groups -OCH3 is 1. The van der Waals surface area contributed by atoms with Crippen LogP contribution in [0, 0.1) is 0 Å². The maximum Gasteiger partial charge on any atom is 0.352 e. The molecule has 2 aromatic carbocycles. The van der Waals surface area contributed by atoms with Crippen LogP contribution in [0.3, 0.4) is 0 Å². The molecule has 1 heterocycles. The minimum atomic E-state index is -1.25. The molecule has 0 saturated carbocycles. The van der Waals surface area contributed by atoms with Crippen molar-refractivity contribution in [2.45, 2.75) is 20.0 Å². The summed E-state index contributed by atoms with van der Waals surface area (Å²) in [5.41, 5.74) is 0.602. The molecule has 0 saturated heterocycles. The zero-order valence-corrected chi connectivity index (χ0v) is 14.9. The highest BCUT2D eigenvalue weighted by atomic mass is 16.6. The summed E-state index contributed by atoms with van der Waals surface area (Å²) in [6.45, 7) is 3.71. The second-order valence-electron chi connectivity index (χ2n) is 5.58. The quantitative estimate of drug-likeness (QED) is 0.767. The van der Waals surface area contributed by atoms with Crippen molar-refractivity contribution in [1.82, 2.24) is 0 Å². The van der Waals surface area contributed by atoms with Gasteiger partial charge in [0.1, 0.15) is 17.1 Å². The Kier molecular flexibility index (Phi) is 5.11. The first-order chi connectivity index (χ1) is 12.6. The number of ether oxygens (including phenoxy) is 4. The van der Waals surface area contributed by atoms with Crippen LogP contribution in [-0.2, 0) is 23.8 Å². The van der Waals surface area contributed by atoms with Crippen molar-refractivity contribution in [1.29, 1.82) is 0 Å². The predicted molar refractivity (Wildman–Crippen MR) is 95.6 cm³/mol. The van der Waals surface area contributed by atoms with Crippen molar-refractivity contribution in [2.75, 3.05) is 20.3 Å². The minimum Gasteiger partial charge on any atom is -0.495 e. The van der Waals surface area contributed by atoms with E-state index in [9.17, 15) is 9.59 Å². The van der Waals surface area contributed by atoms with Gasteiger partial charge in [-0.15, -0.1) is 0 Å². The van der Waals surface area contributed by atoms with Crippen molar-refractivity contribution in [3.05, 3.63) is 47.5 Å². The van der Waals surface area contributed by atoms with Crippen LogP contribution in [0.5, 0.6) is 5.75 Å². The normalized spacial score (nSPS) is 15.9. The molecule has 6 nitrogen and oxygen atoms in total. The number of hydrogen-bond donors (Lipinski definition) is 0. The smallest absolute Gasteiger partial charge is 0.352 e. The highest BCUT2D eigenvalue weighted by Gasteiger charge is 2.41. The van der Waals surface area contributed by atoms with E-state index in [2.05, 4.69) is 0 Å². The topological polar surface area (TPSA) is 71.1 Å². The van der Waals surface area contributed by atoms with Crippen LogP contribution in [0.15, 0.2) is 42.0 Å². The average Bonchev–Trinajstić information content (AvgIpc) is 2.66. The third-order valence-electron chi connectivity index (χ3n) is 4.07. The highest BCUT2D eigenvalue weighted by Crippen LogP contribution is 2.41. The SMILES string of the molecule is CCOC(=O)C1=C(OC)c2ccc3ccccc3c2OC1C(=O)OCC. The van der Waals surface area contributed by atoms with Gasteiger partial charge in [0.05, 0.1) is 25.9 Å². The minimum absolute atomic E-state index is 0.00980. The monoisotopic (exact) mass is 356 g/mol. The van der Waals surface area contributed by atoms with Crippen LogP contribution in [0.25, 0.3) is 16.5 Å². The third-order valence-corrected chi connectivity index (χ3v) is 4.07. The fraction of sp³-hybridized carbons (Fsp3) is 0.300. The van der Waals surface area contributed by atoms with Crippen molar-refractivity contribution in [3.63, 3.8) is 0 Å². The molecule has 0 radical (unpaired) electrons. The average molecular weight is 356 g/mol. The van der Waals surface area contributed by atoms with E-state index in [0.717, 1.165) is 10.8 Å². The molecule has 0 bridgehead atoms. The summed E-state index contributed by atoms with van der Waals surface area (Å²) in [5.74, 6) is -0.593. The highest BCUT2D eigenvalue weighted by molar-refractivity contribution is 6.06. The molecule has 1 unspecified atom stereocenters. The summed E-state index contributed by atoms with van der Waals surface area (Å²) in [5, 5.41) is 1.76. The maximum atomic E-state index is 12.5. The molecule has 1 aliphatic rings. The Hall–Kier alpha value is -3.02. The van der Waals surface area contributed by atoms with E-state index in [0.29, 0.717) is 11.3 Å². The second kappa shape index (κ2) is 7.47. The molecule has 0 amide bonds. The van der Waals surface area contributed by atoms with E-state index in [1.54, 1.807) is 19.9 Å². The number of carbonyl (C=O) groups excluding carboxylic acids is 2. The fourth-order valence-electron chi connectivity index (χ4n) is 3.00. The third kappa shape index (κ3) is 2.98. The Balaban J connectivity index is 2.24. The van der Waals surface area contributed by atoms with Gasteiger partial charge in [0.15, 0.2) is 0 Å². The Labute approximate surface area is 151 Å². The Morgan fingerprint density at radius 2 is 1.77 bits per heavy atom. The lowest BCUT2D eigenvalue weighted by atomic mass is 9.96. The zero-order valence-electron chi connectivity index (χ0n) is 14.9. The zero-order chi connectivity index (χ0) is 18.7. The number of hydrogen-bond acceptors (Lipinski definition) is 6. The largest absolute Gasteiger partial charge is 0.495 e. The summed E-state index contributed by atoms with van der Waals surface area (Å²) in [6.07, 6.45) is -1.25. The van der Waals surface area contributed by atoms with Gasteiger partial charge >= 0.3 is 11.9 Å². The van der Waals surface area contributed by atoms with Crippen LogP contribution < -0.4 is 4.74 Å². The van der Waals surface area contributed by atoms with Gasteiger partial charge in [-0.2, -0.15) is 0 Å². The van der Waals surface area contributed by atoms with Crippen LogP contribution in [0.2, 0.25) is 0 Å². The van der Waals surface area contributed by atoms with Gasteiger partial charge in [-0.1, -0.05) is 30.3 Å². The molecule has 2 aromatic rings. The van der Waals surface area contributed by atoms with E-state index in [1.165, 1.54) is 7.11 Å². The van der Waals surface area contributed by atoms with Gasteiger partial charge in [-0.05, 0) is 25.3 Å². The molecule has 0 fully saturated rings. The van der Waals surface area contributed by atoms with E-state index >= 15 is 0 Å². The van der Waals surface area contributed by atoms with E-state index in [4.69, 9.17) is 18.9 Å². The van der Waals surface area contributed by atoms with Gasteiger partial charge in [-0.3, -0.25) is 0 Å². The van der Waals surface area contributed by atoms with Crippen molar-refractivity contribution >= 4 is 28.5 Å². The Bertz CT molecular complexity index is 883. The Morgan fingerprint density at radius 3 is 2.46 bits per heavy atom. The molecule has 0 aromatic heterocycles. The van der Waals surface area contributed by atoms with Crippen LogP contribution in [-0.4, -0.2) is 38.4 Å². The van der Waals surface area contributed by atoms with Gasteiger partial charge < -0.3 is 18.9 Å². The molecular formula is C20H20O6. The predicted octanol–water partition coefficient (Wildman–Crippen LogP) is 3.08. The van der Waals surface area contributed by atoms with Crippen molar-refractivity contribution in [3.8, 4) is 5.75 Å². The molecule has 1 aliphatic heterocycles. The van der Waals surface area contributed by atoms with Crippen LogP contribution in [0.4, 0.5) is 0 Å². The lowest BCUT2D eigenvalue weighted by Gasteiger charge is -2.28. The summed E-state index contributed by atoms with van der Waals surface area (Å²) < 4.78 is 21.7. The van der Waals surface area contributed by atoms with Gasteiger partial charge in [0.2, 0.25) is 6.10 Å². The standard InChI is InChI=1S/C20H20O6/c1-4-24-19(21)15-17(23-3)14-11-10-12-8-6-7-9-13(12)16(14)26-18(15)20(22)25-5-2/h6-11,18H,4-5H2,1-3H3. The van der Waals surface area contributed by atoms with E-state index < -0.39 is 18.0 Å². The molecule has 3 rings (SSSR count). The number of fused-ring (bicyclic) bond motifs is 3. The first-order valence-corrected chi connectivity index (χ1v) is 8.43. The first kappa shape index (κ1) is 17.8. The molecule has 1 atom stereocenters. The lowest BCUT2D eigenvalue weighted by molar-refractivity contribution is -0.153. The maximum absolute atomic E-state index is 12.5. The van der Waals surface area contributed by atoms with Crippen molar-refractivity contribution < 1.29 is 28.5 Å². The molecule has 0 N–H and O–H groups in total. The summed E-state index contributed by atoms with van der Waals surface area (Å²) in [4.78, 5) is 25.0. The second-order valence-corrected chi connectivity index (χ2v) is 5.58. The van der Waals surface area contributed by atoms with E-state index in [1.807, 2.05) is 30.3 Å². The Morgan fingerprint density at radius 1 is 1.04 bits per heavy atom. The van der Waals surface area contributed by atoms with Crippen LogP contribution >= 0.6 is 0 Å². The van der Waals surface area contributed by atoms with Gasteiger partial charge in [0.25, 0.3) is 0 Å². The summed E-state index contributed by atoms with van der Waals surface area (Å²) in [6, 6.07) is 11.3. The fourth-order valence-corrected chi connectivity index (χ4v) is 3.00. The number of esters is 2. The summed E-state index contributed by atoms with van der Waals surface area (Å²) in [7, 11) is 1.45. The van der Waals surface area contributed by atoms with Crippen molar-refractivity contribution in [2.24, 2.45) is 0 Å². The molecule has 6 heteroatoms. The molecular weight excluding hydrogens is 336 g/mol. The number of benzene rings is 2.